The van der Waals surface area contributed by atoms with E-state index in [2.05, 4.69) is 17.6 Å². The number of para-hydroxylation sites is 2. The molecule has 0 spiro atoms. The zero-order valence-electron chi connectivity index (χ0n) is 8.79. The van der Waals surface area contributed by atoms with Gasteiger partial charge in [0.2, 0.25) is 0 Å². The van der Waals surface area contributed by atoms with Gasteiger partial charge >= 0.3 is 6.03 Å². The maximum absolute atomic E-state index is 11.3. The van der Waals surface area contributed by atoms with Gasteiger partial charge in [0.15, 0.2) is 0 Å². The number of unbranched alkanes of at least 4 members (excludes halogenated alkanes) is 1. The quantitative estimate of drug-likeness (QED) is 0.525. The van der Waals surface area contributed by atoms with Crippen LogP contribution in [0.25, 0.3) is 0 Å². The van der Waals surface area contributed by atoms with E-state index in [9.17, 15) is 9.90 Å². The van der Waals surface area contributed by atoms with Gasteiger partial charge in [-0.25, -0.2) is 4.79 Å². The second-order valence-corrected chi connectivity index (χ2v) is 3.25. The maximum Gasteiger partial charge on any atom is 0.319 e. The number of aromatic hydroxyl groups is 1. The molecular weight excluding hydrogens is 192 g/mol. The first-order chi connectivity index (χ1) is 7.24. The van der Waals surface area contributed by atoms with Crippen molar-refractivity contribution in [2.45, 2.75) is 19.8 Å². The highest BCUT2D eigenvalue weighted by Crippen LogP contribution is 2.20. The highest BCUT2D eigenvalue weighted by atomic mass is 16.3. The fourth-order valence-electron chi connectivity index (χ4n) is 1.12. The van der Waals surface area contributed by atoms with E-state index in [-0.39, 0.29) is 11.8 Å². The molecule has 0 saturated carbocycles. The van der Waals surface area contributed by atoms with E-state index in [1.165, 1.54) is 6.07 Å². The van der Waals surface area contributed by atoms with E-state index < -0.39 is 0 Å². The lowest BCUT2D eigenvalue weighted by Gasteiger charge is -2.07. The third kappa shape index (κ3) is 3.89. The second-order valence-electron chi connectivity index (χ2n) is 3.25. The van der Waals surface area contributed by atoms with Crippen molar-refractivity contribution in [2.24, 2.45) is 0 Å². The standard InChI is InChI=1S/C11H16N2O2/c1-2-3-8-12-11(15)13-9-6-4-5-7-10(9)14/h4-7,14H,2-3,8H2,1H3,(H2,12,13,15). The second kappa shape index (κ2) is 5.90. The van der Waals surface area contributed by atoms with Gasteiger partial charge in [-0.2, -0.15) is 0 Å². The van der Waals surface area contributed by atoms with E-state index in [4.69, 9.17) is 0 Å². The predicted molar refractivity (Wildman–Crippen MR) is 60.0 cm³/mol. The van der Waals surface area contributed by atoms with Crippen LogP contribution in [0.5, 0.6) is 5.75 Å². The summed E-state index contributed by atoms with van der Waals surface area (Å²) in [6, 6.07) is 6.35. The van der Waals surface area contributed by atoms with Crippen LogP contribution in [0, 0.1) is 0 Å². The molecule has 0 fully saturated rings. The van der Waals surface area contributed by atoms with Crippen molar-refractivity contribution in [3.05, 3.63) is 24.3 Å². The predicted octanol–water partition coefficient (Wildman–Crippen LogP) is 2.31. The zero-order chi connectivity index (χ0) is 11.1. The van der Waals surface area contributed by atoms with Crippen molar-refractivity contribution >= 4 is 11.7 Å². The molecule has 82 valence electrons. The molecule has 1 rings (SSSR count). The number of benzene rings is 1. The molecule has 1 aromatic rings. The van der Waals surface area contributed by atoms with Crippen molar-refractivity contribution in [2.75, 3.05) is 11.9 Å². The number of amides is 2. The molecule has 0 aliphatic carbocycles. The molecule has 0 unspecified atom stereocenters. The van der Waals surface area contributed by atoms with E-state index in [1.54, 1.807) is 18.2 Å². The van der Waals surface area contributed by atoms with Crippen molar-refractivity contribution in [1.82, 2.24) is 5.32 Å². The lowest BCUT2D eigenvalue weighted by molar-refractivity contribution is 0.252. The van der Waals surface area contributed by atoms with Gasteiger partial charge in [-0.3, -0.25) is 0 Å². The summed E-state index contributed by atoms with van der Waals surface area (Å²) in [6.45, 7) is 2.71. The van der Waals surface area contributed by atoms with Gasteiger partial charge in [0.25, 0.3) is 0 Å². The molecule has 0 aliphatic heterocycles. The molecule has 0 aromatic heterocycles. The summed E-state index contributed by atoms with van der Waals surface area (Å²) in [7, 11) is 0. The number of hydrogen-bond acceptors (Lipinski definition) is 2. The molecular formula is C11H16N2O2. The molecule has 0 atom stereocenters. The fraction of sp³-hybridized carbons (Fsp3) is 0.364. The Hall–Kier alpha value is -1.71. The fourth-order valence-corrected chi connectivity index (χ4v) is 1.12. The average Bonchev–Trinajstić information content (AvgIpc) is 2.22. The van der Waals surface area contributed by atoms with Crippen LogP contribution in [0.2, 0.25) is 0 Å². The molecule has 0 aliphatic rings. The largest absolute Gasteiger partial charge is 0.506 e. The molecule has 0 radical (unpaired) electrons. The van der Waals surface area contributed by atoms with Crippen molar-refractivity contribution in [1.29, 1.82) is 0 Å². The number of phenols is 1. The van der Waals surface area contributed by atoms with Crippen LogP contribution in [-0.4, -0.2) is 17.7 Å². The summed E-state index contributed by atoms with van der Waals surface area (Å²) in [5.74, 6) is 0.0724. The minimum Gasteiger partial charge on any atom is -0.506 e. The maximum atomic E-state index is 11.3. The summed E-state index contributed by atoms with van der Waals surface area (Å²) in [4.78, 5) is 11.3. The number of hydrogen-bond donors (Lipinski definition) is 3. The van der Waals surface area contributed by atoms with Crippen LogP contribution >= 0.6 is 0 Å². The van der Waals surface area contributed by atoms with Crippen molar-refractivity contribution in [3.63, 3.8) is 0 Å². The molecule has 15 heavy (non-hydrogen) atoms. The smallest absolute Gasteiger partial charge is 0.319 e. The molecule has 4 heteroatoms. The number of nitrogens with one attached hydrogen (secondary N) is 2. The minimum atomic E-state index is -0.287. The van der Waals surface area contributed by atoms with E-state index in [0.29, 0.717) is 12.2 Å². The normalized spacial score (nSPS) is 9.67. The summed E-state index contributed by atoms with van der Waals surface area (Å²) in [5.41, 5.74) is 0.423. The van der Waals surface area contributed by atoms with E-state index in [1.807, 2.05) is 0 Å². The number of phenolic OH excluding ortho intramolecular Hbond substituents is 1. The van der Waals surface area contributed by atoms with Gasteiger partial charge in [-0.1, -0.05) is 25.5 Å². The summed E-state index contributed by atoms with van der Waals surface area (Å²) >= 11 is 0. The Labute approximate surface area is 89.3 Å². The Kier molecular flexibility index (Phi) is 4.47. The third-order valence-electron chi connectivity index (χ3n) is 1.97. The van der Waals surface area contributed by atoms with Gasteiger partial charge in [-0.05, 0) is 18.6 Å². The van der Waals surface area contributed by atoms with Gasteiger partial charge in [-0.15, -0.1) is 0 Å². The highest BCUT2D eigenvalue weighted by Gasteiger charge is 2.03. The number of anilines is 1. The molecule has 0 bridgehead atoms. The van der Waals surface area contributed by atoms with Crippen LogP contribution in [0.3, 0.4) is 0 Å². The van der Waals surface area contributed by atoms with Gasteiger partial charge in [0.05, 0.1) is 5.69 Å². The van der Waals surface area contributed by atoms with Crippen LogP contribution in [-0.2, 0) is 0 Å². The van der Waals surface area contributed by atoms with Crippen LogP contribution in [0.4, 0.5) is 10.5 Å². The summed E-state index contributed by atoms with van der Waals surface area (Å²) in [5, 5.41) is 14.7. The van der Waals surface area contributed by atoms with E-state index >= 15 is 0 Å². The Balaban J connectivity index is 2.41. The van der Waals surface area contributed by atoms with Gasteiger partial charge in [0, 0.05) is 6.54 Å². The molecule has 1 aromatic carbocycles. The Morgan fingerprint density at radius 3 is 2.80 bits per heavy atom. The average molecular weight is 208 g/mol. The summed E-state index contributed by atoms with van der Waals surface area (Å²) < 4.78 is 0. The molecule has 2 amide bonds. The van der Waals surface area contributed by atoms with E-state index in [0.717, 1.165) is 12.8 Å². The SMILES string of the molecule is CCCCNC(=O)Nc1ccccc1O. The number of urea groups is 1. The first-order valence-corrected chi connectivity index (χ1v) is 5.07. The number of carbonyl (C=O) groups excluding carboxylic acids is 1. The Morgan fingerprint density at radius 2 is 2.13 bits per heavy atom. The highest BCUT2D eigenvalue weighted by molar-refractivity contribution is 5.90. The third-order valence-corrected chi connectivity index (χ3v) is 1.97. The first-order valence-electron chi connectivity index (χ1n) is 5.07. The van der Waals surface area contributed by atoms with Crippen molar-refractivity contribution in [3.8, 4) is 5.75 Å². The molecule has 0 heterocycles. The zero-order valence-corrected chi connectivity index (χ0v) is 8.79. The van der Waals surface area contributed by atoms with Crippen LogP contribution in [0.15, 0.2) is 24.3 Å². The van der Waals surface area contributed by atoms with Crippen LogP contribution < -0.4 is 10.6 Å². The molecule has 4 nitrogen and oxygen atoms in total. The first kappa shape index (κ1) is 11.4. The number of rotatable bonds is 4. The Morgan fingerprint density at radius 1 is 1.40 bits per heavy atom. The Bertz CT molecular complexity index is 326. The minimum absolute atomic E-state index is 0.0724. The summed E-state index contributed by atoms with van der Waals surface area (Å²) in [6.07, 6.45) is 1.99. The lowest BCUT2D eigenvalue weighted by Crippen LogP contribution is -2.29. The molecule has 0 saturated heterocycles. The monoisotopic (exact) mass is 208 g/mol. The van der Waals surface area contributed by atoms with Crippen molar-refractivity contribution < 1.29 is 9.90 Å². The topological polar surface area (TPSA) is 61.4 Å². The van der Waals surface area contributed by atoms with Gasteiger partial charge < -0.3 is 15.7 Å². The molecule has 3 N–H and O–H groups in total. The van der Waals surface area contributed by atoms with Crippen LogP contribution in [0.1, 0.15) is 19.8 Å². The van der Waals surface area contributed by atoms with Gasteiger partial charge in [0.1, 0.15) is 5.75 Å². The number of carbonyl (C=O) groups is 1. The lowest BCUT2D eigenvalue weighted by atomic mass is 10.3.